The molecule has 1 aliphatic carbocycles. The number of nitrogen functional groups attached to an aromatic ring is 1. The molecule has 1 nitrogen and oxygen atoms in total. The maximum absolute atomic E-state index is 6.05. The summed E-state index contributed by atoms with van der Waals surface area (Å²) < 4.78 is 0. The van der Waals surface area contributed by atoms with Crippen LogP contribution in [-0.2, 0) is 0 Å². The molecule has 2 aromatic carbocycles. The quantitative estimate of drug-likeness (QED) is 0.764. The Bertz CT molecular complexity index is 573. The van der Waals surface area contributed by atoms with Crippen molar-refractivity contribution >= 4 is 17.3 Å². The monoisotopic (exact) mass is 257 g/mol. The van der Waals surface area contributed by atoms with E-state index in [4.69, 9.17) is 17.3 Å². The lowest BCUT2D eigenvalue weighted by molar-refractivity contribution is 0.420. The fourth-order valence-electron chi connectivity index (χ4n) is 2.48. The molecular formula is C16H16ClN. The molecule has 0 radical (unpaired) electrons. The molecule has 2 aromatic rings. The predicted octanol–water partition coefficient (Wildman–Crippen LogP) is 4.86. The number of benzene rings is 2. The van der Waals surface area contributed by atoms with E-state index < -0.39 is 0 Å². The Morgan fingerprint density at radius 1 is 1.06 bits per heavy atom. The van der Waals surface area contributed by atoms with Crippen molar-refractivity contribution in [1.29, 1.82) is 0 Å². The molecule has 2 heteroatoms. The van der Waals surface area contributed by atoms with Crippen LogP contribution in [0.15, 0.2) is 42.5 Å². The Kier molecular flexibility index (Phi) is 3.00. The summed E-state index contributed by atoms with van der Waals surface area (Å²) in [6.45, 7) is 0. The standard InChI is InChI=1S/C16H16ClN/c17-14-7-8-16(18)15(10-14)13-6-2-5-12(9-13)11-3-1-4-11/h2,5-11H,1,3-4,18H2. The summed E-state index contributed by atoms with van der Waals surface area (Å²) >= 11 is 6.05. The topological polar surface area (TPSA) is 26.0 Å². The molecule has 0 aliphatic heterocycles. The highest BCUT2D eigenvalue weighted by Crippen LogP contribution is 2.38. The van der Waals surface area contributed by atoms with E-state index in [2.05, 4.69) is 24.3 Å². The van der Waals surface area contributed by atoms with Gasteiger partial charge in [0.25, 0.3) is 0 Å². The van der Waals surface area contributed by atoms with Gasteiger partial charge in [0, 0.05) is 16.3 Å². The van der Waals surface area contributed by atoms with E-state index in [1.807, 2.05) is 18.2 Å². The lowest BCUT2D eigenvalue weighted by atomic mass is 9.79. The van der Waals surface area contributed by atoms with E-state index in [0.717, 1.165) is 22.2 Å². The van der Waals surface area contributed by atoms with E-state index in [0.29, 0.717) is 0 Å². The van der Waals surface area contributed by atoms with E-state index in [1.54, 1.807) is 0 Å². The second kappa shape index (κ2) is 4.66. The minimum absolute atomic E-state index is 0.730. The SMILES string of the molecule is Nc1ccc(Cl)cc1-c1cccc(C2CCC2)c1. The molecule has 0 aromatic heterocycles. The van der Waals surface area contributed by atoms with Crippen molar-refractivity contribution in [1.82, 2.24) is 0 Å². The smallest absolute Gasteiger partial charge is 0.0413 e. The van der Waals surface area contributed by atoms with Crippen LogP contribution >= 0.6 is 11.6 Å². The highest BCUT2D eigenvalue weighted by Gasteiger charge is 2.19. The van der Waals surface area contributed by atoms with Gasteiger partial charge in [-0.15, -0.1) is 0 Å². The lowest BCUT2D eigenvalue weighted by Crippen LogP contribution is -2.08. The maximum atomic E-state index is 6.05. The third-order valence-corrected chi connectivity index (χ3v) is 4.02. The van der Waals surface area contributed by atoms with Crippen molar-refractivity contribution in [3.05, 3.63) is 53.1 Å². The van der Waals surface area contributed by atoms with E-state index in [-0.39, 0.29) is 0 Å². The van der Waals surface area contributed by atoms with Crippen LogP contribution in [-0.4, -0.2) is 0 Å². The van der Waals surface area contributed by atoms with Crippen LogP contribution in [0, 0.1) is 0 Å². The summed E-state index contributed by atoms with van der Waals surface area (Å²) in [4.78, 5) is 0. The van der Waals surface area contributed by atoms with E-state index >= 15 is 0 Å². The largest absolute Gasteiger partial charge is 0.398 e. The number of nitrogens with two attached hydrogens (primary N) is 1. The Morgan fingerprint density at radius 2 is 1.89 bits per heavy atom. The van der Waals surface area contributed by atoms with Gasteiger partial charge >= 0.3 is 0 Å². The zero-order chi connectivity index (χ0) is 12.5. The molecule has 0 bridgehead atoms. The number of hydrogen-bond donors (Lipinski definition) is 1. The predicted molar refractivity (Wildman–Crippen MR) is 77.9 cm³/mol. The average Bonchev–Trinajstić information content (AvgIpc) is 2.30. The normalized spacial score (nSPS) is 15.4. The minimum Gasteiger partial charge on any atom is -0.398 e. The van der Waals surface area contributed by atoms with Crippen LogP contribution in [0.5, 0.6) is 0 Å². The second-order valence-corrected chi connectivity index (χ2v) is 5.42. The second-order valence-electron chi connectivity index (χ2n) is 4.98. The fraction of sp³-hybridized carbons (Fsp3) is 0.250. The van der Waals surface area contributed by atoms with Gasteiger partial charge in [0.2, 0.25) is 0 Å². The van der Waals surface area contributed by atoms with E-state index in [9.17, 15) is 0 Å². The first-order valence-corrected chi connectivity index (χ1v) is 6.77. The van der Waals surface area contributed by atoms with Gasteiger partial charge in [0.15, 0.2) is 0 Å². The lowest BCUT2D eigenvalue weighted by Gasteiger charge is -2.26. The number of rotatable bonds is 2. The molecule has 1 fully saturated rings. The first kappa shape index (κ1) is 11.6. The average molecular weight is 258 g/mol. The zero-order valence-electron chi connectivity index (χ0n) is 10.2. The van der Waals surface area contributed by atoms with E-state index in [1.165, 1.54) is 30.4 Å². The first-order valence-electron chi connectivity index (χ1n) is 6.39. The molecule has 3 rings (SSSR count). The molecule has 0 saturated heterocycles. The van der Waals surface area contributed by atoms with Crippen molar-refractivity contribution in [3.8, 4) is 11.1 Å². The van der Waals surface area contributed by atoms with Crippen LogP contribution in [0.4, 0.5) is 5.69 Å². The number of anilines is 1. The number of hydrogen-bond acceptors (Lipinski definition) is 1. The Balaban J connectivity index is 2.02. The van der Waals surface area contributed by atoms with Gasteiger partial charge in [0.05, 0.1) is 0 Å². The molecule has 2 N–H and O–H groups in total. The molecular weight excluding hydrogens is 242 g/mol. The highest BCUT2D eigenvalue weighted by molar-refractivity contribution is 6.31. The van der Waals surface area contributed by atoms with Crippen LogP contribution in [0.1, 0.15) is 30.7 Å². The van der Waals surface area contributed by atoms with Gasteiger partial charge in [0.1, 0.15) is 0 Å². The van der Waals surface area contributed by atoms with Crippen LogP contribution in [0.2, 0.25) is 5.02 Å². The molecule has 1 aliphatic rings. The van der Waals surface area contributed by atoms with Crippen molar-refractivity contribution in [2.24, 2.45) is 0 Å². The summed E-state index contributed by atoms with van der Waals surface area (Å²) in [6, 6.07) is 14.3. The van der Waals surface area contributed by atoms with Crippen molar-refractivity contribution < 1.29 is 0 Å². The van der Waals surface area contributed by atoms with Crippen molar-refractivity contribution in [3.63, 3.8) is 0 Å². The zero-order valence-corrected chi connectivity index (χ0v) is 11.0. The van der Waals surface area contributed by atoms with Crippen LogP contribution in [0.3, 0.4) is 0 Å². The van der Waals surface area contributed by atoms with Crippen LogP contribution < -0.4 is 5.73 Å². The summed E-state index contributed by atoms with van der Waals surface area (Å²) in [5.74, 6) is 0.741. The third kappa shape index (κ3) is 2.11. The molecule has 92 valence electrons. The Morgan fingerprint density at radius 3 is 2.61 bits per heavy atom. The summed E-state index contributed by atoms with van der Waals surface area (Å²) in [5, 5.41) is 0.730. The molecule has 0 atom stereocenters. The number of halogens is 1. The Hall–Kier alpha value is -1.47. The molecule has 1 saturated carbocycles. The van der Waals surface area contributed by atoms with Crippen molar-refractivity contribution in [2.75, 3.05) is 5.73 Å². The fourth-order valence-corrected chi connectivity index (χ4v) is 2.65. The molecule has 0 heterocycles. The van der Waals surface area contributed by atoms with Gasteiger partial charge in [-0.2, -0.15) is 0 Å². The molecule has 0 unspecified atom stereocenters. The first-order chi connectivity index (χ1) is 8.74. The highest BCUT2D eigenvalue weighted by atomic mass is 35.5. The van der Waals surface area contributed by atoms with Crippen LogP contribution in [0.25, 0.3) is 11.1 Å². The summed E-state index contributed by atoms with van der Waals surface area (Å²) in [5.41, 5.74) is 10.4. The van der Waals surface area contributed by atoms with Gasteiger partial charge in [-0.3, -0.25) is 0 Å². The summed E-state index contributed by atoms with van der Waals surface area (Å²) in [7, 11) is 0. The maximum Gasteiger partial charge on any atom is 0.0413 e. The van der Waals surface area contributed by atoms with Gasteiger partial charge in [-0.05, 0) is 48.1 Å². The Labute approximate surface area is 113 Å². The summed E-state index contributed by atoms with van der Waals surface area (Å²) in [6.07, 6.45) is 3.98. The molecule has 18 heavy (non-hydrogen) atoms. The van der Waals surface area contributed by atoms with Gasteiger partial charge < -0.3 is 5.73 Å². The molecule has 0 amide bonds. The van der Waals surface area contributed by atoms with Gasteiger partial charge in [-0.25, -0.2) is 0 Å². The minimum atomic E-state index is 0.730. The van der Waals surface area contributed by atoms with Gasteiger partial charge in [-0.1, -0.05) is 42.3 Å². The molecule has 0 spiro atoms. The third-order valence-electron chi connectivity index (χ3n) is 3.79. The van der Waals surface area contributed by atoms with Crippen molar-refractivity contribution in [2.45, 2.75) is 25.2 Å².